The van der Waals surface area contributed by atoms with Crippen LogP contribution in [0.3, 0.4) is 0 Å². The summed E-state index contributed by atoms with van der Waals surface area (Å²) in [4.78, 5) is 55.1. The van der Waals surface area contributed by atoms with Crippen LogP contribution < -0.4 is 18.9 Å². The van der Waals surface area contributed by atoms with Crippen molar-refractivity contribution < 1.29 is 84.5 Å². The quantitative estimate of drug-likeness (QED) is 0.0903. The number of aliphatic carboxylic acids is 1. The molecule has 6 aromatic rings. The van der Waals surface area contributed by atoms with Crippen LogP contribution in [-0.4, -0.2) is 121 Å². The van der Waals surface area contributed by atoms with Gasteiger partial charge in [0.25, 0.3) is 0 Å². The number of halogens is 2. The van der Waals surface area contributed by atoms with Crippen LogP contribution in [0.15, 0.2) is 170 Å². The van der Waals surface area contributed by atoms with Gasteiger partial charge in [-0.25, -0.2) is 35.2 Å². The molecule has 77 heavy (non-hydrogen) atoms. The van der Waals surface area contributed by atoms with Crippen molar-refractivity contribution in [2.24, 2.45) is 0 Å². The first kappa shape index (κ1) is 64.8. The second-order valence-electron chi connectivity index (χ2n) is 18.3. The van der Waals surface area contributed by atoms with Gasteiger partial charge in [-0.3, -0.25) is 9.59 Å². The predicted octanol–water partition coefficient (Wildman–Crippen LogP) is 4.85. The number of sulfone groups is 2. The number of ether oxygens (including phenoxy) is 1. The van der Waals surface area contributed by atoms with Crippen molar-refractivity contribution in [1.82, 2.24) is 9.80 Å². The number of methoxy groups -OCH3 is 1. The van der Waals surface area contributed by atoms with Gasteiger partial charge in [0.15, 0.2) is 19.7 Å². The Morgan fingerprint density at radius 3 is 1.14 bits per heavy atom. The standard InChI is InChI=1S/C29H30FNO5S.C28H28FNO5S.CH4.Li.2H2O/c1-36-29(33)26-19-25(37(34,35)18-8-9-21-14-16-24(30)17-15-21)20-31(26)28(32)27(22-10-4-2-5-11-22)23-12-6-3-7-13-23;29-23-15-13-20(14-16-23)8-7-17-36(34,35)24-18-25(28(32)33)30(19-24)27(31)26(21-9-3-1-4-10-21)22-11-5-2-6-12-22;;;;/h2-7,10-17,25-27H,8-9,18-20H2,1H3;1-6,9-16,24-26H,7-8,17-19H2,(H,32,33);1H4;;2*1H2/q;;;+1;;/p-1/t25-,26-;24-,25-;;;;/m00..../s1. The maximum absolute atomic E-state index is 14.0. The molecular weight excluding hydrogens is 1030 g/mol. The van der Waals surface area contributed by atoms with Crippen molar-refractivity contribution in [1.29, 1.82) is 0 Å². The minimum Gasteiger partial charge on any atom is -0.870 e. The Balaban J connectivity index is 0.000000385. The van der Waals surface area contributed by atoms with Crippen LogP contribution >= 0.6 is 0 Å². The van der Waals surface area contributed by atoms with Crippen LogP contribution in [0.4, 0.5) is 8.78 Å². The molecule has 0 aromatic heterocycles. The first-order chi connectivity index (χ1) is 35.1. The zero-order valence-electron chi connectivity index (χ0n) is 42.2. The predicted molar refractivity (Wildman–Crippen MR) is 286 cm³/mol. The van der Waals surface area contributed by atoms with E-state index in [-0.39, 0.29) is 92.2 Å². The number of carbonyl (C=O) groups excluding carboxylic acids is 3. The van der Waals surface area contributed by atoms with Crippen molar-refractivity contribution in [3.05, 3.63) is 215 Å². The van der Waals surface area contributed by atoms with E-state index < -0.39 is 71.9 Å². The second-order valence-corrected chi connectivity index (χ2v) is 23.1. The number of hydrogen-bond donors (Lipinski definition) is 1. The summed E-state index contributed by atoms with van der Waals surface area (Å²) in [6.07, 6.45) is 1.48. The van der Waals surface area contributed by atoms with Crippen LogP contribution in [-0.2, 0) is 56.4 Å². The monoisotopic (exact) mass is 1090 g/mol. The fraction of sp³-hybridized carbons (Fsp3) is 0.310. The summed E-state index contributed by atoms with van der Waals surface area (Å²) >= 11 is 0. The number of hydrogen-bond acceptors (Lipinski definition) is 10. The minimum atomic E-state index is -3.66. The summed E-state index contributed by atoms with van der Waals surface area (Å²) in [6.45, 7) is -0.238. The first-order valence-corrected chi connectivity index (χ1v) is 27.5. The van der Waals surface area contributed by atoms with Crippen LogP contribution in [0, 0.1) is 11.6 Å². The van der Waals surface area contributed by atoms with Crippen molar-refractivity contribution in [2.45, 2.75) is 80.4 Å². The Labute approximate surface area is 462 Å². The van der Waals surface area contributed by atoms with Gasteiger partial charge in [-0.1, -0.05) is 153 Å². The molecule has 14 nitrogen and oxygen atoms in total. The van der Waals surface area contributed by atoms with E-state index in [0.717, 1.165) is 22.3 Å². The molecule has 19 heteroatoms. The number of carboxylic acid groups (broad SMARTS) is 1. The molecule has 0 bridgehead atoms. The van der Waals surface area contributed by atoms with Crippen LogP contribution in [0.2, 0.25) is 0 Å². The summed E-state index contributed by atoms with van der Waals surface area (Å²) in [6, 6.07) is 46.3. The largest absolute Gasteiger partial charge is 1.00 e. The van der Waals surface area contributed by atoms with Gasteiger partial charge < -0.3 is 30.6 Å². The van der Waals surface area contributed by atoms with Gasteiger partial charge in [-0.2, -0.15) is 0 Å². The number of carbonyl (C=O) groups is 4. The molecule has 2 aliphatic rings. The molecule has 2 aliphatic heterocycles. The Kier molecular flexibility index (Phi) is 25.1. The summed E-state index contributed by atoms with van der Waals surface area (Å²) < 4.78 is 84.0. The van der Waals surface area contributed by atoms with Gasteiger partial charge in [0.2, 0.25) is 11.8 Å². The molecule has 2 fully saturated rings. The number of aryl methyl sites for hydroxylation is 2. The van der Waals surface area contributed by atoms with Crippen molar-refractivity contribution in [3.63, 3.8) is 0 Å². The molecule has 0 aliphatic carbocycles. The van der Waals surface area contributed by atoms with E-state index in [2.05, 4.69) is 0 Å². The molecule has 2 heterocycles. The summed E-state index contributed by atoms with van der Waals surface area (Å²) in [7, 11) is -6.03. The van der Waals surface area contributed by atoms with E-state index in [1.165, 1.54) is 41.2 Å². The van der Waals surface area contributed by atoms with Crippen molar-refractivity contribution >= 4 is 43.4 Å². The maximum atomic E-state index is 14.0. The van der Waals surface area contributed by atoms with Gasteiger partial charge in [-0.15, -0.1) is 0 Å². The molecule has 0 spiro atoms. The Hall–Kier alpha value is -6.52. The van der Waals surface area contributed by atoms with E-state index in [9.17, 15) is 49.9 Å². The number of likely N-dealkylation sites (tertiary alicyclic amines) is 2. The molecule has 8 rings (SSSR count). The number of amides is 2. The van der Waals surface area contributed by atoms with E-state index >= 15 is 0 Å². The molecular formula is C58H65F2LiN2O12S2. The normalized spacial score (nSPS) is 16.8. The van der Waals surface area contributed by atoms with Gasteiger partial charge in [-0.05, 0) is 96.2 Å². The maximum Gasteiger partial charge on any atom is 1.00 e. The second kappa shape index (κ2) is 29.8. The number of benzene rings is 6. The van der Waals surface area contributed by atoms with E-state index in [1.54, 1.807) is 24.3 Å². The zero-order valence-corrected chi connectivity index (χ0v) is 43.9. The van der Waals surface area contributed by atoms with Gasteiger partial charge in [0.1, 0.15) is 23.7 Å². The molecule has 6 aromatic carbocycles. The zero-order chi connectivity index (χ0) is 52.1. The third kappa shape index (κ3) is 16.7. The van der Waals surface area contributed by atoms with Crippen LogP contribution in [0.1, 0.15) is 78.3 Å². The molecule has 406 valence electrons. The Morgan fingerprint density at radius 1 is 0.545 bits per heavy atom. The molecule has 4 atom stereocenters. The van der Waals surface area contributed by atoms with E-state index in [0.29, 0.717) is 36.8 Å². The number of rotatable bonds is 18. The number of nitrogens with zero attached hydrogens (tertiary/aromatic N) is 2. The number of esters is 1. The average molecular weight is 1090 g/mol. The van der Waals surface area contributed by atoms with Crippen molar-refractivity contribution in [2.75, 3.05) is 31.7 Å². The third-order valence-electron chi connectivity index (χ3n) is 13.5. The molecule has 2 saturated heterocycles. The molecule has 0 unspecified atom stereocenters. The average Bonchev–Trinajstić information content (AvgIpc) is 4.08. The molecule has 0 radical (unpaired) electrons. The van der Waals surface area contributed by atoms with Gasteiger partial charge >= 0.3 is 30.8 Å². The van der Waals surface area contributed by atoms with Crippen molar-refractivity contribution in [3.8, 4) is 0 Å². The molecule has 2 amide bonds. The van der Waals surface area contributed by atoms with Crippen LogP contribution in [0.5, 0.6) is 0 Å². The van der Waals surface area contributed by atoms with Gasteiger partial charge in [0.05, 0.1) is 41.0 Å². The summed E-state index contributed by atoms with van der Waals surface area (Å²) in [5.74, 6) is -4.96. The topological polar surface area (TPSA) is 234 Å². The van der Waals surface area contributed by atoms with Gasteiger partial charge in [0, 0.05) is 13.1 Å². The summed E-state index contributed by atoms with van der Waals surface area (Å²) in [5, 5.41) is 8.04. The molecule has 4 N–H and O–H groups in total. The van der Waals surface area contributed by atoms with E-state index in [4.69, 9.17) is 4.74 Å². The van der Waals surface area contributed by atoms with Crippen LogP contribution in [0.25, 0.3) is 0 Å². The summed E-state index contributed by atoms with van der Waals surface area (Å²) in [5.41, 5.74) is 4.61. The smallest absolute Gasteiger partial charge is 0.870 e. The van der Waals surface area contributed by atoms with E-state index in [1.807, 2.05) is 121 Å². The first-order valence-electron chi connectivity index (χ1n) is 24.1. The number of carboxylic acids is 1. The SMILES string of the molecule is C.COC(=O)[C@@H]1C[C@H](S(=O)(=O)CCCc2ccc(F)cc2)CN1C(=O)C(c1ccccc1)c1ccccc1.O.O=C(O)[C@@H]1C[C@H](S(=O)(=O)CCCc2ccc(F)cc2)CN1C(=O)C(c1ccccc1)c1ccccc1.[Li+].[OH-]. The minimum absolute atomic E-state index is 0. The molecule has 0 saturated carbocycles. The Morgan fingerprint density at radius 2 is 0.844 bits per heavy atom. The third-order valence-corrected chi connectivity index (χ3v) is 17.9. The fourth-order valence-electron chi connectivity index (χ4n) is 9.66. The Bertz CT molecular complexity index is 2960. The fourth-order valence-corrected chi connectivity index (χ4v) is 13.1.